The summed E-state index contributed by atoms with van der Waals surface area (Å²) in [7, 11) is 0. The van der Waals surface area contributed by atoms with Crippen LogP contribution in [0.5, 0.6) is 0 Å². The zero-order valence-corrected chi connectivity index (χ0v) is 18.2. The lowest BCUT2D eigenvalue weighted by molar-refractivity contribution is -0.133. The van der Waals surface area contributed by atoms with Gasteiger partial charge in [0, 0.05) is 50.0 Å². The van der Waals surface area contributed by atoms with E-state index in [0.29, 0.717) is 12.8 Å². The quantitative estimate of drug-likeness (QED) is 0.613. The molecule has 0 saturated carbocycles. The fraction of sp³-hybridized carbons (Fsp3) is 0.600. The largest absolute Gasteiger partial charge is 0.374 e. The highest BCUT2D eigenvalue weighted by atomic mass is 35.5. The molecule has 0 spiro atoms. The Hall–Kier alpha value is -1.54. The van der Waals surface area contributed by atoms with Crippen LogP contribution in [0.25, 0.3) is 0 Å². The summed E-state index contributed by atoms with van der Waals surface area (Å²) in [5.41, 5.74) is 2.13. The summed E-state index contributed by atoms with van der Waals surface area (Å²) >= 11 is 0. The zero-order chi connectivity index (χ0) is 18.6. The number of benzene rings is 1. The van der Waals surface area contributed by atoms with Crippen LogP contribution in [0.4, 0.5) is 11.4 Å². The Balaban J connectivity index is 0.00000150. The van der Waals surface area contributed by atoms with Crippen molar-refractivity contribution in [3.63, 3.8) is 0 Å². The summed E-state index contributed by atoms with van der Waals surface area (Å²) in [5, 5.41) is 9.13. The van der Waals surface area contributed by atoms with E-state index in [9.17, 15) is 9.59 Å². The van der Waals surface area contributed by atoms with E-state index < -0.39 is 0 Å². The Kier molecular flexibility index (Phi) is 9.02. The standard InChI is InChI=1S/C20H29N5O2.2ClH/c26-19-5-4-18(20(27)23-19)22-15-2-1-3-17(14-15)25-12-10-24(11-13-25)16-6-8-21-9-7-16;;/h1-3,14,16,18,21-22H,4-13H2,(H,23,26,27);2*1H. The van der Waals surface area contributed by atoms with Crippen LogP contribution in [0.3, 0.4) is 0 Å². The van der Waals surface area contributed by atoms with Gasteiger partial charge in [0.05, 0.1) is 0 Å². The predicted octanol–water partition coefficient (Wildman–Crippen LogP) is 1.62. The monoisotopic (exact) mass is 443 g/mol. The minimum Gasteiger partial charge on any atom is -0.374 e. The Bertz CT molecular complexity index is 691. The number of rotatable bonds is 4. The number of carbonyl (C=O) groups excluding carboxylic acids is 2. The second kappa shape index (κ2) is 11.0. The van der Waals surface area contributed by atoms with Crippen molar-refractivity contribution < 1.29 is 9.59 Å². The molecular formula is C20H31Cl2N5O2. The number of anilines is 2. The van der Waals surface area contributed by atoms with E-state index in [0.717, 1.165) is 51.0 Å². The number of carbonyl (C=O) groups is 2. The van der Waals surface area contributed by atoms with Crippen molar-refractivity contribution in [2.45, 2.75) is 37.8 Å². The molecule has 9 heteroatoms. The summed E-state index contributed by atoms with van der Waals surface area (Å²) in [6.07, 6.45) is 3.45. The molecule has 3 fully saturated rings. The second-order valence-electron chi connectivity index (χ2n) is 7.70. The molecule has 162 valence electrons. The summed E-state index contributed by atoms with van der Waals surface area (Å²) in [5.74, 6) is -0.411. The lowest BCUT2D eigenvalue weighted by Crippen LogP contribution is -2.52. The third-order valence-electron chi connectivity index (χ3n) is 5.93. The average molecular weight is 444 g/mol. The van der Waals surface area contributed by atoms with Gasteiger partial charge in [0.15, 0.2) is 0 Å². The maximum atomic E-state index is 12.0. The van der Waals surface area contributed by atoms with E-state index in [2.05, 4.69) is 37.9 Å². The van der Waals surface area contributed by atoms with Gasteiger partial charge in [0.2, 0.25) is 11.8 Å². The van der Waals surface area contributed by atoms with Gasteiger partial charge in [0.25, 0.3) is 0 Å². The van der Waals surface area contributed by atoms with Gasteiger partial charge >= 0.3 is 0 Å². The lowest BCUT2D eigenvalue weighted by atomic mass is 10.0. The number of nitrogens with zero attached hydrogens (tertiary/aromatic N) is 2. The predicted molar refractivity (Wildman–Crippen MR) is 120 cm³/mol. The van der Waals surface area contributed by atoms with E-state index in [1.807, 2.05) is 12.1 Å². The molecule has 0 bridgehead atoms. The third kappa shape index (κ3) is 5.98. The summed E-state index contributed by atoms with van der Waals surface area (Å²) in [6.45, 7) is 6.56. The number of imide groups is 1. The minimum atomic E-state index is -0.338. The third-order valence-corrected chi connectivity index (χ3v) is 5.93. The summed E-state index contributed by atoms with van der Waals surface area (Å²) in [4.78, 5) is 28.3. The molecule has 3 N–H and O–H groups in total. The van der Waals surface area contributed by atoms with Crippen LogP contribution in [-0.4, -0.2) is 68.1 Å². The number of hydrogen-bond donors (Lipinski definition) is 3. The van der Waals surface area contributed by atoms with Gasteiger partial charge in [0.1, 0.15) is 6.04 Å². The molecule has 1 aromatic rings. The molecule has 1 aromatic carbocycles. The van der Waals surface area contributed by atoms with E-state index >= 15 is 0 Å². The van der Waals surface area contributed by atoms with Gasteiger partial charge in [-0.25, -0.2) is 0 Å². The molecule has 29 heavy (non-hydrogen) atoms. The van der Waals surface area contributed by atoms with Gasteiger partial charge in [-0.3, -0.25) is 19.8 Å². The number of piperazine rings is 1. The van der Waals surface area contributed by atoms with Crippen LogP contribution >= 0.6 is 24.8 Å². The molecule has 0 aliphatic carbocycles. The summed E-state index contributed by atoms with van der Waals surface area (Å²) in [6, 6.07) is 8.66. The van der Waals surface area contributed by atoms with Gasteiger partial charge in [-0.15, -0.1) is 24.8 Å². The van der Waals surface area contributed by atoms with Gasteiger partial charge in [-0.2, -0.15) is 0 Å². The summed E-state index contributed by atoms with van der Waals surface area (Å²) < 4.78 is 0. The SMILES string of the molecule is Cl.Cl.O=C1CCC(Nc2cccc(N3CCN(C4CCNCC4)CC3)c2)C(=O)N1. The van der Waals surface area contributed by atoms with Crippen molar-refractivity contribution >= 4 is 48.0 Å². The smallest absolute Gasteiger partial charge is 0.249 e. The Morgan fingerprint density at radius 2 is 1.69 bits per heavy atom. The van der Waals surface area contributed by atoms with Crippen LogP contribution in [0.15, 0.2) is 24.3 Å². The molecule has 2 amide bonds. The minimum absolute atomic E-state index is 0. The first kappa shape index (κ1) is 23.7. The fourth-order valence-electron chi connectivity index (χ4n) is 4.34. The highest BCUT2D eigenvalue weighted by Gasteiger charge is 2.27. The van der Waals surface area contributed by atoms with Gasteiger partial charge in [-0.1, -0.05) is 6.07 Å². The molecule has 4 rings (SSSR count). The van der Waals surface area contributed by atoms with Crippen LogP contribution in [0, 0.1) is 0 Å². The van der Waals surface area contributed by atoms with Crippen molar-refractivity contribution in [2.75, 3.05) is 49.5 Å². The zero-order valence-electron chi connectivity index (χ0n) is 16.6. The van der Waals surface area contributed by atoms with Crippen LogP contribution in [0.2, 0.25) is 0 Å². The lowest BCUT2D eigenvalue weighted by Gasteiger charge is -2.41. The number of nitrogens with one attached hydrogen (secondary N) is 3. The molecule has 0 radical (unpaired) electrons. The Labute approximate surface area is 184 Å². The van der Waals surface area contributed by atoms with Crippen molar-refractivity contribution in [3.05, 3.63) is 24.3 Å². The molecule has 3 aliphatic heterocycles. The maximum Gasteiger partial charge on any atom is 0.249 e. The first-order chi connectivity index (χ1) is 13.2. The first-order valence-electron chi connectivity index (χ1n) is 10.1. The molecule has 3 heterocycles. The fourth-order valence-corrected chi connectivity index (χ4v) is 4.34. The van der Waals surface area contributed by atoms with Crippen LogP contribution in [-0.2, 0) is 9.59 Å². The molecule has 1 unspecified atom stereocenters. The van der Waals surface area contributed by atoms with Crippen LogP contribution < -0.4 is 20.9 Å². The van der Waals surface area contributed by atoms with Gasteiger partial charge < -0.3 is 15.5 Å². The molecular weight excluding hydrogens is 413 g/mol. The highest BCUT2D eigenvalue weighted by Crippen LogP contribution is 2.24. The number of amides is 2. The highest BCUT2D eigenvalue weighted by molar-refractivity contribution is 6.01. The Morgan fingerprint density at radius 3 is 2.38 bits per heavy atom. The molecule has 0 aromatic heterocycles. The number of hydrogen-bond acceptors (Lipinski definition) is 6. The van der Waals surface area contributed by atoms with E-state index in [4.69, 9.17) is 0 Å². The van der Waals surface area contributed by atoms with Crippen molar-refractivity contribution in [1.82, 2.24) is 15.5 Å². The second-order valence-corrected chi connectivity index (χ2v) is 7.70. The molecule has 3 aliphatic rings. The van der Waals surface area contributed by atoms with Crippen LogP contribution in [0.1, 0.15) is 25.7 Å². The maximum absolute atomic E-state index is 12.0. The van der Waals surface area contributed by atoms with E-state index in [1.165, 1.54) is 18.5 Å². The van der Waals surface area contributed by atoms with E-state index in [-0.39, 0.29) is 42.7 Å². The number of halogens is 2. The van der Waals surface area contributed by atoms with Crippen molar-refractivity contribution in [1.29, 1.82) is 0 Å². The average Bonchev–Trinajstić information content (AvgIpc) is 2.71. The van der Waals surface area contributed by atoms with Gasteiger partial charge in [-0.05, 0) is 50.6 Å². The van der Waals surface area contributed by atoms with Crippen molar-refractivity contribution in [3.8, 4) is 0 Å². The first-order valence-corrected chi connectivity index (χ1v) is 10.1. The normalized spacial score (nSPS) is 23.6. The molecule has 3 saturated heterocycles. The van der Waals surface area contributed by atoms with Crippen molar-refractivity contribution in [2.24, 2.45) is 0 Å². The molecule has 7 nitrogen and oxygen atoms in total. The topological polar surface area (TPSA) is 76.7 Å². The Morgan fingerprint density at radius 1 is 0.966 bits per heavy atom. The van der Waals surface area contributed by atoms with E-state index in [1.54, 1.807) is 0 Å². The number of piperidine rings is 2. The molecule has 1 atom stereocenters.